The number of rotatable bonds is 6. The van der Waals surface area contributed by atoms with Gasteiger partial charge in [-0.05, 0) is 74.2 Å². The van der Waals surface area contributed by atoms with Gasteiger partial charge in [0.05, 0.1) is 38.5 Å². The van der Waals surface area contributed by atoms with E-state index in [1.165, 1.54) is 0 Å². The number of ether oxygens (including phenoxy) is 3. The smallest absolute Gasteiger partial charge is 0.323 e. The molecule has 2 unspecified atom stereocenters. The van der Waals surface area contributed by atoms with Gasteiger partial charge in [0.15, 0.2) is 5.82 Å². The van der Waals surface area contributed by atoms with Gasteiger partial charge in [-0.25, -0.2) is 9.78 Å². The molecule has 3 amide bonds. The van der Waals surface area contributed by atoms with E-state index >= 15 is 0 Å². The van der Waals surface area contributed by atoms with Crippen molar-refractivity contribution in [3.05, 3.63) is 59.9 Å². The van der Waals surface area contributed by atoms with Crippen LogP contribution in [0.25, 0.3) is 11.4 Å². The van der Waals surface area contributed by atoms with Crippen molar-refractivity contribution in [1.82, 2.24) is 19.9 Å². The van der Waals surface area contributed by atoms with Crippen LogP contribution in [-0.2, 0) is 14.2 Å². The predicted octanol–water partition coefficient (Wildman–Crippen LogP) is 3.92. The highest BCUT2D eigenvalue weighted by Gasteiger charge is 2.39. The van der Waals surface area contributed by atoms with E-state index in [1.807, 2.05) is 24.3 Å². The van der Waals surface area contributed by atoms with Gasteiger partial charge in [-0.1, -0.05) is 0 Å². The molecule has 7 rings (SSSR count). The molecule has 0 spiro atoms. The lowest BCUT2D eigenvalue weighted by atomic mass is 9.99. The second-order valence-electron chi connectivity index (χ2n) is 11.7. The van der Waals surface area contributed by atoms with E-state index in [0.29, 0.717) is 75.5 Å². The van der Waals surface area contributed by atoms with Gasteiger partial charge in [-0.2, -0.15) is 9.97 Å². The minimum atomic E-state index is -0.378. The van der Waals surface area contributed by atoms with Crippen LogP contribution in [0.1, 0.15) is 47.8 Å². The van der Waals surface area contributed by atoms with Crippen molar-refractivity contribution in [2.45, 2.75) is 43.7 Å². The third-order valence-corrected chi connectivity index (χ3v) is 8.79. The number of anilines is 3. The fourth-order valence-corrected chi connectivity index (χ4v) is 6.36. The van der Waals surface area contributed by atoms with Gasteiger partial charge in [-0.3, -0.25) is 4.79 Å². The predicted molar refractivity (Wildman–Crippen MR) is 164 cm³/mol. The van der Waals surface area contributed by atoms with Crippen LogP contribution in [0.5, 0.6) is 0 Å². The molecule has 4 aliphatic rings. The highest BCUT2D eigenvalue weighted by Crippen LogP contribution is 2.34. The number of hydrogen-bond donors (Lipinski definition) is 2. The standard InChI is InChI=1S/C32H37N7O5/c40-30(38-13-17-43-18-14-38)23-3-7-25(8-4-23)34-32(41)33-24-5-1-21(2-6-24)28-35-29(22-11-15-42-16-12-22)37-31(36-28)39-26-9-10-27(39)20-44-19-26/h1-8,22,26-27H,9-20H2,(H2,33,34,41). The summed E-state index contributed by atoms with van der Waals surface area (Å²) in [5.41, 5.74) is 2.66. The van der Waals surface area contributed by atoms with Crippen LogP contribution in [0.2, 0.25) is 0 Å². The molecule has 3 aromatic rings. The van der Waals surface area contributed by atoms with Crippen molar-refractivity contribution >= 4 is 29.3 Å². The maximum atomic E-state index is 12.7. The second kappa shape index (κ2) is 12.8. The molecular formula is C32H37N7O5. The van der Waals surface area contributed by atoms with Crippen molar-refractivity contribution in [3.8, 4) is 11.4 Å². The fraction of sp³-hybridized carbons (Fsp3) is 0.469. The van der Waals surface area contributed by atoms with Crippen molar-refractivity contribution in [2.24, 2.45) is 0 Å². The number of amides is 3. The molecule has 12 nitrogen and oxygen atoms in total. The summed E-state index contributed by atoms with van der Waals surface area (Å²) < 4.78 is 16.7. The Morgan fingerprint density at radius 1 is 0.705 bits per heavy atom. The Balaban J connectivity index is 1.03. The van der Waals surface area contributed by atoms with Gasteiger partial charge in [0.25, 0.3) is 5.91 Å². The summed E-state index contributed by atoms with van der Waals surface area (Å²) in [6, 6.07) is 14.6. The van der Waals surface area contributed by atoms with Crippen molar-refractivity contribution in [2.75, 3.05) is 68.3 Å². The minimum Gasteiger partial charge on any atom is -0.381 e. The van der Waals surface area contributed by atoms with Gasteiger partial charge in [0, 0.05) is 54.7 Å². The number of fused-ring (bicyclic) bond motifs is 2. The first-order valence-corrected chi connectivity index (χ1v) is 15.5. The highest BCUT2D eigenvalue weighted by molar-refractivity contribution is 6.00. The normalized spacial score (nSPS) is 22.1. The van der Waals surface area contributed by atoms with E-state index in [1.54, 1.807) is 29.2 Å². The maximum absolute atomic E-state index is 12.7. The highest BCUT2D eigenvalue weighted by atomic mass is 16.5. The van der Waals surface area contributed by atoms with Crippen LogP contribution in [0, 0.1) is 0 Å². The lowest BCUT2D eigenvalue weighted by Gasteiger charge is -2.35. The number of urea groups is 1. The third kappa shape index (κ3) is 6.23. The Hall–Kier alpha value is -4.13. The third-order valence-electron chi connectivity index (χ3n) is 8.79. The molecule has 2 N–H and O–H groups in total. The average molecular weight is 600 g/mol. The summed E-state index contributed by atoms with van der Waals surface area (Å²) in [5, 5.41) is 5.71. The number of aromatic nitrogens is 3. The van der Waals surface area contributed by atoms with Crippen LogP contribution < -0.4 is 15.5 Å². The molecule has 4 fully saturated rings. The Morgan fingerprint density at radius 2 is 1.32 bits per heavy atom. The van der Waals surface area contributed by atoms with Gasteiger partial charge in [0.1, 0.15) is 5.82 Å². The first-order valence-electron chi connectivity index (χ1n) is 15.5. The van der Waals surface area contributed by atoms with Crippen LogP contribution in [-0.4, -0.2) is 96.6 Å². The summed E-state index contributed by atoms with van der Waals surface area (Å²) in [6.07, 6.45) is 3.95. The topological polar surface area (TPSA) is 131 Å². The molecule has 1 aromatic heterocycles. The van der Waals surface area contributed by atoms with Gasteiger partial charge in [0.2, 0.25) is 5.95 Å². The van der Waals surface area contributed by atoms with Crippen molar-refractivity contribution in [1.29, 1.82) is 0 Å². The molecule has 12 heteroatoms. The van der Waals surface area contributed by atoms with E-state index in [4.69, 9.17) is 29.2 Å². The molecule has 230 valence electrons. The van der Waals surface area contributed by atoms with E-state index < -0.39 is 0 Å². The molecule has 0 aliphatic carbocycles. The number of morpholine rings is 2. The van der Waals surface area contributed by atoms with Crippen LogP contribution >= 0.6 is 0 Å². The Kier molecular flexibility index (Phi) is 8.36. The molecule has 0 saturated carbocycles. The first kappa shape index (κ1) is 28.6. The lowest BCUT2D eigenvalue weighted by molar-refractivity contribution is 0.0303. The molecule has 44 heavy (non-hydrogen) atoms. The second-order valence-corrected chi connectivity index (χ2v) is 11.7. The number of carbonyl (C=O) groups excluding carboxylic acids is 2. The zero-order valence-corrected chi connectivity index (χ0v) is 24.6. The molecule has 5 heterocycles. The molecular weight excluding hydrogens is 562 g/mol. The van der Waals surface area contributed by atoms with Crippen molar-refractivity contribution < 1.29 is 23.8 Å². The van der Waals surface area contributed by atoms with Crippen LogP contribution in [0.3, 0.4) is 0 Å². The zero-order valence-electron chi connectivity index (χ0n) is 24.6. The number of carbonyl (C=O) groups is 2. The van der Waals surface area contributed by atoms with Crippen LogP contribution in [0.4, 0.5) is 22.1 Å². The number of nitrogens with zero attached hydrogens (tertiary/aromatic N) is 5. The summed E-state index contributed by atoms with van der Waals surface area (Å²) in [4.78, 5) is 44.4. The minimum absolute atomic E-state index is 0.0353. The Bertz CT molecular complexity index is 1460. The Morgan fingerprint density at radius 3 is 1.98 bits per heavy atom. The molecule has 4 saturated heterocycles. The van der Waals surface area contributed by atoms with Crippen molar-refractivity contribution in [3.63, 3.8) is 0 Å². The average Bonchev–Trinajstić information content (AvgIpc) is 3.33. The maximum Gasteiger partial charge on any atom is 0.323 e. The van der Waals surface area contributed by atoms with E-state index in [-0.39, 0.29) is 29.9 Å². The summed E-state index contributed by atoms with van der Waals surface area (Å²) in [7, 11) is 0. The Labute approximate surface area is 256 Å². The van der Waals surface area contributed by atoms with E-state index in [9.17, 15) is 9.59 Å². The van der Waals surface area contributed by atoms with Gasteiger partial charge < -0.3 is 34.6 Å². The number of hydrogen-bond acceptors (Lipinski definition) is 9. The largest absolute Gasteiger partial charge is 0.381 e. The summed E-state index contributed by atoms with van der Waals surface area (Å²) in [5.74, 6) is 2.38. The molecule has 2 atom stereocenters. The quantitative estimate of drug-likeness (QED) is 0.433. The molecule has 2 bridgehead atoms. The molecule has 0 radical (unpaired) electrons. The lowest BCUT2D eigenvalue weighted by Crippen LogP contribution is -2.47. The summed E-state index contributed by atoms with van der Waals surface area (Å²) >= 11 is 0. The number of nitrogens with one attached hydrogen (secondary N) is 2. The van der Waals surface area contributed by atoms with E-state index in [0.717, 1.165) is 43.0 Å². The van der Waals surface area contributed by atoms with E-state index in [2.05, 4.69) is 15.5 Å². The fourth-order valence-electron chi connectivity index (χ4n) is 6.36. The molecule has 4 aliphatic heterocycles. The molecule has 2 aromatic carbocycles. The number of benzene rings is 2. The van der Waals surface area contributed by atoms with Gasteiger partial charge >= 0.3 is 6.03 Å². The monoisotopic (exact) mass is 599 g/mol. The van der Waals surface area contributed by atoms with Crippen LogP contribution in [0.15, 0.2) is 48.5 Å². The SMILES string of the molecule is O=C(Nc1ccc(C(=O)N2CCOCC2)cc1)Nc1ccc(-c2nc(C3CCOCC3)nc(N3C4CCC3COC4)n2)cc1. The zero-order chi connectivity index (χ0) is 29.9. The van der Waals surface area contributed by atoms with Gasteiger partial charge in [-0.15, -0.1) is 0 Å². The first-order chi connectivity index (χ1) is 21.6. The summed E-state index contributed by atoms with van der Waals surface area (Å²) in [6.45, 7) is 5.09.